The van der Waals surface area contributed by atoms with Crippen molar-refractivity contribution in [1.82, 2.24) is 0 Å². The Morgan fingerprint density at radius 3 is 2.95 bits per heavy atom. The standard InChI is InChI=1S/C14H17BrFN3/c1-9-4-5-19(8-11(9)7-18)12-3-2-10(6-17)13(15)14(12)16/h2-3,9,11H,4-5,7-8,18H2,1H3. The summed E-state index contributed by atoms with van der Waals surface area (Å²) in [6.45, 7) is 4.41. The SMILES string of the molecule is CC1CCN(c2ccc(C#N)c(Br)c2F)CC1CN. The summed E-state index contributed by atoms with van der Waals surface area (Å²) in [6, 6.07) is 5.30. The minimum Gasteiger partial charge on any atom is -0.369 e. The molecule has 102 valence electrons. The Kier molecular flexibility index (Phi) is 4.43. The van der Waals surface area contributed by atoms with Gasteiger partial charge >= 0.3 is 0 Å². The summed E-state index contributed by atoms with van der Waals surface area (Å²) in [5.41, 5.74) is 6.65. The first-order valence-electron chi connectivity index (χ1n) is 6.41. The van der Waals surface area contributed by atoms with Crippen LogP contribution in [0.3, 0.4) is 0 Å². The third-order valence-electron chi connectivity index (χ3n) is 3.94. The molecule has 2 unspecified atom stereocenters. The van der Waals surface area contributed by atoms with Crippen LogP contribution in [0.4, 0.5) is 10.1 Å². The number of benzene rings is 1. The van der Waals surface area contributed by atoms with Gasteiger partial charge in [-0.25, -0.2) is 4.39 Å². The summed E-state index contributed by atoms with van der Waals surface area (Å²) in [5, 5.41) is 8.88. The molecule has 2 rings (SSSR count). The van der Waals surface area contributed by atoms with Crippen molar-refractivity contribution in [2.75, 3.05) is 24.5 Å². The zero-order chi connectivity index (χ0) is 14.0. The number of nitriles is 1. The van der Waals surface area contributed by atoms with Gasteiger partial charge in [0.1, 0.15) is 6.07 Å². The van der Waals surface area contributed by atoms with Crippen molar-refractivity contribution in [2.45, 2.75) is 13.3 Å². The lowest BCUT2D eigenvalue weighted by molar-refractivity contribution is 0.306. The molecule has 1 heterocycles. The topological polar surface area (TPSA) is 53.0 Å². The maximum absolute atomic E-state index is 14.3. The third-order valence-corrected chi connectivity index (χ3v) is 4.72. The van der Waals surface area contributed by atoms with Crippen LogP contribution in [0.2, 0.25) is 0 Å². The van der Waals surface area contributed by atoms with E-state index in [1.165, 1.54) is 0 Å². The predicted molar refractivity (Wildman–Crippen MR) is 77.4 cm³/mol. The summed E-state index contributed by atoms with van der Waals surface area (Å²) in [7, 11) is 0. The van der Waals surface area contributed by atoms with Crippen molar-refractivity contribution in [3.05, 3.63) is 28.0 Å². The molecule has 1 saturated heterocycles. The van der Waals surface area contributed by atoms with E-state index in [9.17, 15) is 4.39 Å². The summed E-state index contributed by atoms with van der Waals surface area (Å²) in [5.74, 6) is 0.609. The van der Waals surface area contributed by atoms with Crippen molar-refractivity contribution in [3.8, 4) is 6.07 Å². The van der Waals surface area contributed by atoms with Crippen molar-refractivity contribution in [2.24, 2.45) is 17.6 Å². The number of hydrogen-bond donors (Lipinski definition) is 1. The Balaban J connectivity index is 2.28. The minimum absolute atomic E-state index is 0.246. The average Bonchev–Trinajstić information content (AvgIpc) is 2.43. The molecule has 2 N–H and O–H groups in total. The molecule has 19 heavy (non-hydrogen) atoms. The van der Waals surface area contributed by atoms with E-state index in [0.717, 1.165) is 19.5 Å². The number of piperidine rings is 1. The minimum atomic E-state index is -0.357. The third kappa shape index (κ3) is 2.75. The van der Waals surface area contributed by atoms with E-state index in [2.05, 4.69) is 22.9 Å². The molecular formula is C14H17BrFN3. The first-order chi connectivity index (χ1) is 9.08. The summed E-state index contributed by atoms with van der Waals surface area (Å²) < 4.78 is 14.5. The van der Waals surface area contributed by atoms with E-state index in [1.54, 1.807) is 12.1 Å². The second-order valence-electron chi connectivity index (χ2n) is 5.08. The summed E-state index contributed by atoms with van der Waals surface area (Å²) in [4.78, 5) is 2.03. The fraction of sp³-hybridized carbons (Fsp3) is 0.500. The maximum Gasteiger partial charge on any atom is 0.161 e. The summed E-state index contributed by atoms with van der Waals surface area (Å²) >= 11 is 3.15. The first-order valence-corrected chi connectivity index (χ1v) is 7.20. The molecular weight excluding hydrogens is 309 g/mol. The van der Waals surface area contributed by atoms with Gasteiger partial charge < -0.3 is 10.6 Å². The van der Waals surface area contributed by atoms with Crippen molar-refractivity contribution >= 4 is 21.6 Å². The van der Waals surface area contributed by atoms with Crippen LogP contribution >= 0.6 is 15.9 Å². The molecule has 1 aromatic carbocycles. The molecule has 0 aromatic heterocycles. The van der Waals surface area contributed by atoms with E-state index in [-0.39, 0.29) is 10.3 Å². The largest absolute Gasteiger partial charge is 0.369 e. The van der Waals surface area contributed by atoms with Gasteiger partial charge in [-0.1, -0.05) is 6.92 Å². The molecule has 2 atom stereocenters. The predicted octanol–water partition coefficient (Wildman–Crippen LogP) is 2.88. The highest BCUT2D eigenvalue weighted by molar-refractivity contribution is 9.10. The van der Waals surface area contributed by atoms with E-state index < -0.39 is 0 Å². The highest BCUT2D eigenvalue weighted by Gasteiger charge is 2.27. The average molecular weight is 326 g/mol. The Labute approximate surface area is 121 Å². The molecule has 0 radical (unpaired) electrons. The number of hydrogen-bond acceptors (Lipinski definition) is 3. The molecule has 0 bridgehead atoms. The molecule has 0 aliphatic carbocycles. The van der Waals surface area contributed by atoms with E-state index in [0.29, 0.717) is 29.6 Å². The van der Waals surface area contributed by atoms with Crippen LogP contribution in [0.15, 0.2) is 16.6 Å². The number of nitrogens with zero attached hydrogens (tertiary/aromatic N) is 2. The molecule has 1 fully saturated rings. The monoisotopic (exact) mass is 325 g/mol. The normalized spacial score (nSPS) is 23.2. The van der Waals surface area contributed by atoms with E-state index >= 15 is 0 Å². The maximum atomic E-state index is 14.3. The quantitative estimate of drug-likeness (QED) is 0.909. The molecule has 1 aliphatic heterocycles. The van der Waals surface area contributed by atoms with Gasteiger partial charge in [-0.2, -0.15) is 5.26 Å². The number of rotatable bonds is 2. The van der Waals surface area contributed by atoms with Gasteiger partial charge in [0.05, 0.1) is 15.7 Å². The van der Waals surface area contributed by atoms with Gasteiger partial charge in [0.15, 0.2) is 5.82 Å². The Bertz CT molecular complexity index is 512. The fourth-order valence-electron chi connectivity index (χ4n) is 2.54. The van der Waals surface area contributed by atoms with Gasteiger partial charge in [0.2, 0.25) is 0 Å². The second-order valence-corrected chi connectivity index (χ2v) is 5.87. The fourth-order valence-corrected chi connectivity index (χ4v) is 2.97. The van der Waals surface area contributed by atoms with E-state index in [4.69, 9.17) is 11.0 Å². The molecule has 5 heteroatoms. The number of nitrogens with two attached hydrogens (primary N) is 1. The lowest BCUT2D eigenvalue weighted by Crippen LogP contribution is -2.43. The first kappa shape index (κ1) is 14.3. The van der Waals surface area contributed by atoms with E-state index in [1.807, 2.05) is 11.0 Å². The van der Waals surface area contributed by atoms with Crippen LogP contribution in [0.5, 0.6) is 0 Å². The van der Waals surface area contributed by atoms with Crippen LogP contribution in [0.25, 0.3) is 0 Å². The molecule has 0 amide bonds. The highest BCUT2D eigenvalue weighted by Crippen LogP contribution is 2.33. The molecule has 1 aliphatic rings. The molecule has 3 nitrogen and oxygen atoms in total. The van der Waals surface area contributed by atoms with Crippen LogP contribution in [0.1, 0.15) is 18.9 Å². The molecule has 0 spiro atoms. The van der Waals surface area contributed by atoms with Gasteiger partial charge in [0, 0.05) is 13.1 Å². The number of halogens is 2. The van der Waals surface area contributed by atoms with Crippen LogP contribution < -0.4 is 10.6 Å². The summed E-state index contributed by atoms with van der Waals surface area (Å²) in [6.07, 6.45) is 1.01. The molecule has 0 saturated carbocycles. The van der Waals surface area contributed by atoms with Crippen molar-refractivity contribution < 1.29 is 4.39 Å². The Hall–Kier alpha value is -1.12. The second kappa shape index (κ2) is 5.89. The smallest absolute Gasteiger partial charge is 0.161 e. The van der Waals surface area contributed by atoms with Crippen molar-refractivity contribution in [3.63, 3.8) is 0 Å². The van der Waals surface area contributed by atoms with Gasteiger partial charge in [-0.05, 0) is 52.9 Å². The van der Waals surface area contributed by atoms with Gasteiger partial charge in [-0.3, -0.25) is 0 Å². The van der Waals surface area contributed by atoms with Gasteiger partial charge in [0.25, 0.3) is 0 Å². The lowest BCUT2D eigenvalue weighted by Gasteiger charge is -2.38. The van der Waals surface area contributed by atoms with Gasteiger partial charge in [-0.15, -0.1) is 0 Å². The Morgan fingerprint density at radius 1 is 1.58 bits per heavy atom. The molecule has 1 aromatic rings. The highest BCUT2D eigenvalue weighted by atomic mass is 79.9. The number of anilines is 1. The van der Waals surface area contributed by atoms with Crippen LogP contribution in [-0.4, -0.2) is 19.6 Å². The van der Waals surface area contributed by atoms with Crippen LogP contribution in [-0.2, 0) is 0 Å². The lowest BCUT2D eigenvalue weighted by atomic mass is 9.87. The zero-order valence-electron chi connectivity index (χ0n) is 10.9. The Morgan fingerprint density at radius 2 is 2.32 bits per heavy atom. The zero-order valence-corrected chi connectivity index (χ0v) is 12.5. The van der Waals surface area contributed by atoms with Crippen LogP contribution in [0, 0.1) is 29.0 Å². The van der Waals surface area contributed by atoms with Crippen molar-refractivity contribution in [1.29, 1.82) is 5.26 Å².